The van der Waals surface area contributed by atoms with Gasteiger partial charge >= 0.3 is 0 Å². The van der Waals surface area contributed by atoms with Gasteiger partial charge in [0.1, 0.15) is 0 Å². The Hall–Kier alpha value is -2.31. The molecule has 3 rings (SSSR count). The van der Waals surface area contributed by atoms with E-state index >= 15 is 0 Å². The van der Waals surface area contributed by atoms with E-state index in [9.17, 15) is 9.59 Å². The molecule has 0 aromatic heterocycles. The second-order valence-electron chi connectivity index (χ2n) is 7.14. The summed E-state index contributed by atoms with van der Waals surface area (Å²) in [7, 11) is 2.08. The van der Waals surface area contributed by atoms with Gasteiger partial charge in [-0.15, -0.1) is 0 Å². The van der Waals surface area contributed by atoms with E-state index in [1.165, 1.54) is 5.56 Å². The molecule has 0 aliphatic carbocycles. The molecule has 0 unspecified atom stereocenters. The zero-order valence-corrected chi connectivity index (χ0v) is 17.3. The summed E-state index contributed by atoms with van der Waals surface area (Å²) in [5.74, 6) is 0.975. The van der Waals surface area contributed by atoms with Crippen LogP contribution in [-0.4, -0.2) is 61.1 Å². The molecule has 0 bridgehead atoms. The van der Waals surface area contributed by atoms with Gasteiger partial charge in [0, 0.05) is 43.2 Å². The fraction of sp³-hybridized carbons (Fsp3) is 0.364. The Morgan fingerprint density at radius 2 is 1.54 bits per heavy atom. The van der Waals surface area contributed by atoms with Crippen LogP contribution in [0.25, 0.3) is 0 Å². The first-order valence-electron chi connectivity index (χ1n) is 9.49. The van der Waals surface area contributed by atoms with E-state index in [1.54, 1.807) is 11.8 Å². The van der Waals surface area contributed by atoms with Crippen LogP contribution < -0.4 is 5.32 Å². The minimum Gasteiger partial charge on any atom is -0.340 e. The van der Waals surface area contributed by atoms with Crippen LogP contribution >= 0.6 is 11.8 Å². The van der Waals surface area contributed by atoms with Crippen molar-refractivity contribution in [3.05, 3.63) is 65.2 Å². The van der Waals surface area contributed by atoms with Crippen molar-refractivity contribution < 1.29 is 9.59 Å². The Kier molecular flexibility index (Phi) is 7.12. The van der Waals surface area contributed by atoms with Gasteiger partial charge in [-0.2, -0.15) is 11.8 Å². The van der Waals surface area contributed by atoms with Crippen molar-refractivity contribution in [2.45, 2.75) is 12.2 Å². The second kappa shape index (κ2) is 9.75. The third-order valence-electron chi connectivity index (χ3n) is 4.95. The third-order valence-corrected chi connectivity index (χ3v) is 5.57. The van der Waals surface area contributed by atoms with E-state index in [2.05, 4.69) is 23.5 Å². The molecule has 148 valence electrons. The van der Waals surface area contributed by atoms with Crippen LogP contribution in [-0.2, 0) is 17.0 Å². The Labute approximate surface area is 171 Å². The van der Waals surface area contributed by atoms with Crippen LogP contribution in [0.3, 0.4) is 0 Å². The Morgan fingerprint density at radius 3 is 2.14 bits per heavy atom. The number of thioether (sulfide) groups is 1. The Balaban J connectivity index is 1.53. The molecule has 2 amide bonds. The number of carbonyl (C=O) groups is 2. The maximum absolute atomic E-state index is 12.4. The van der Waals surface area contributed by atoms with Gasteiger partial charge in [0.05, 0.1) is 6.42 Å². The Morgan fingerprint density at radius 1 is 0.929 bits per heavy atom. The Bertz CT molecular complexity index is 798. The predicted octanol–water partition coefficient (Wildman–Crippen LogP) is 3.12. The predicted molar refractivity (Wildman–Crippen MR) is 116 cm³/mol. The van der Waals surface area contributed by atoms with Crippen molar-refractivity contribution in [1.29, 1.82) is 0 Å². The molecular formula is C22H27N3O2S. The van der Waals surface area contributed by atoms with Crippen LogP contribution in [0.1, 0.15) is 21.5 Å². The fourth-order valence-electron chi connectivity index (χ4n) is 3.17. The minimum atomic E-state index is -0.128. The van der Waals surface area contributed by atoms with Crippen LogP contribution in [0.4, 0.5) is 5.69 Å². The topological polar surface area (TPSA) is 52.7 Å². The van der Waals surface area contributed by atoms with E-state index in [-0.39, 0.29) is 11.8 Å². The highest BCUT2D eigenvalue weighted by molar-refractivity contribution is 7.97. The number of benzene rings is 2. The summed E-state index contributed by atoms with van der Waals surface area (Å²) < 4.78 is 0. The van der Waals surface area contributed by atoms with Gasteiger partial charge in [0.15, 0.2) is 0 Å². The van der Waals surface area contributed by atoms with Crippen molar-refractivity contribution in [3.63, 3.8) is 0 Å². The van der Waals surface area contributed by atoms with Crippen LogP contribution in [0.15, 0.2) is 48.5 Å². The number of nitrogens with zero attached hydrogens (tertiary/aromatic N) is 2. The molecule has 1 N–H and O–H groups in total. The molecule has 6 heteroatoms. The number of piperazine rings is 1. The molecule has 1 heterocycles. The van der Waals surface area contributed by atoms with Crippen molar-refractivity contribution in [1.82, 2.24) is 9.80 Å². The lowest BCUT2D eigenvalue weighted by Crippen LogP contribution is -2.47. The minimum absolute atomic E-state index is 0.128. The van der Waals surface area contributed by atoms with Crippen LogP contribution in [0.2, 0.25) is 0 Å². The number of hydrogen-bond acceptors (Lipinski definition) is 4. The van der Waals surface area contributed by atoms with Crippen LogP contribution in [0, 0.1) is 0 Å². The number of likely N-dealkylation sites (N-methyl/N-ethyl adjacent to an activating group) is 1. The van der Waals surface area contributed by atoms with E-state index in [1.807, 2.05) is 53.4 Å². The molecule has 0 saturated carbocycles. The van der Waals surface area contributed by atoms with Gasteiger partial charge in [-0.1, -0.05) is 24.3 Å². The molecule has 5 nitrogen and oxygen atoms in total. The number of amides is 2. The smallest absolute Gasteiger partial charge is 0.255 e. The molecule has 0 atom stereocenters. The monoisotopic (exact) mass is 397 g/mol. The zero-order valence-electron chi connectivity index (χ0n) is 16.5. The molecule has 1 aliphatic heterocycles. The second-order valence-corrected chi connectivity index (χ2v) is 8.01. The summed E-state index contributed by atoms with van der Waals surface area (Å²) in [4.78, 5) is 29.0. The van der Waals surface area contributed by atoms with E-state index in [0.717, 1.165) is 43.2 Å². The molecule has 2 aromatic rings. The van der Waals surface area contributed by atoms with Gasteiger partial charge < -0.3 is 15.1 Å². The fourth-order valence-corrected chi connectivity index (χ4v) is 3.70. The normalized spacial score (nSPS) is 14.7. The molecule has 1 saturated heterocycles. The summed E-state index contributed by atoms with van der Waals surface area (Å²) in [6.45, 7) is 3.43. The lowest BCUT2D eigenvalue weighted by atomic mass is 10.1. The summed E-state index contributed by atoms with van der Waals surface area (Å²) >= 11 is 1.76. The van der Waals surface area contributed by atoms with Gasteiger partial charge in [-0.25, -0.2) is 0 Å². The van der Waals surface area contributed by atoms with Crippen molar-refractivity contribution >= 4 is 29.3 Å². The number of hydrogen-bond donors (Lipinski definition) is 1. The first kappa shape index (κ1) is 20.4. The van der Waals surface area contributed by atoms with Gasteiger partial charge in [0.25, 0.3) is 5.91 Å². The van der Waals surface area contributed by atoms with Crippen molar-refractivity contribution in [2.24, 2.45) is 0 Å². The average Bonchev–Trinajstić information content (AvgIpc) is 2.70. The first-order valence-corrected chi connectivity index (χ1v) is 10.9. The summed E-state index contributed by atoms with van der Waals surface area (Å²) in [6.07, 6.45) is 2.46. The molecule has 1 aliphatic rings. The zero-order chi connectivity index (χ0) is 19.9. The van der Waals surface area contributed by atoms with Crippen molar-refractivity contribution in [3.8, 4) is 0 Å². The maximum atomic E-state index is 12.4. The standard InChI is InChI=1S/C22H27N3O2S/c1-24-11-13-25(14-12-24)21(26)15-17-5-9-20(10-6-17)23-22(27)19-7-3-18(4-8-19)16-28-2/h3-10H,11-16H2,1-2H3,(H,23,27). The average molecular weight is 398 g/mol. The highest BCUT2D eigenvalue weighted by Gasteiger charge is 2.19. The largest absolute Gasteiger partial charge is 0.340 e. The summed E-state index contributed by atoms with van der Waals surface area (Å²) in [6, 6.07) is 15.2. The lowest BCUT2D eigenvalue weighted by Gasteiger charge is -2.32. The quantitative estimate of drug-likeness (QED) is 0.814. The maximum Gasteiger partial charge on any atom is 0.255 e. The number of rotatable bonds is 6. The van der Waals surface area contributed by atoms with E-state index < -0.39 is 0 Å². The van der Waals surface area contributed by atoms with E-state index in [0.29, 0.717) is 12.0 Å². The van der Waals surface area contributed by atoms with E-state index in [4.69, 9.17) is 0 Å². The van der Waals surface area contributed by atoms with Crippen LogP contribution in [0.5, 0.6) is 0 Å². The lowest BCUT2D eigenvalue weighted by molar-refractivity contribution is -0.132. The summed E-state index contributed by atoms with van der Waals surface area (Å²) in [5, 5.41) is 2.91. The molecule has 2 aromatic carbocycles. The SMILES string of the molecule is CSCc1ccc(C(=O)Nc2ccc(CC(=O)N3CCN(C)CC3)cc2)cc1. The van der Waals surface area contributed by atoms with Gasteiger partial charge in [-0.05, 0) is 48.7 Å². The number of anilines is 1. The first-order chi connectivity index (χ1) is 13.5. The molecular weight excluding hydrogens is 370 g/mol. The number of carbonyl (C=O) groups excluding carboxylic acids is 2. The summed E-state index contributed by atoms with van der Waals surface area (Å²) in [5.41, 5.74) is 3.54. The molecule has 0 radical (unpaired) electrons. The van der Waals surface area contributed by atoms with Gasteiger partial charge in [0.2, 0.25) is 5.91 Å². The molecule has 0 spiro atoms. The number of nitrogens with one attached hydrogen (secondary N) is 1. The molecule has 28 heavy (non-hydrogen) atoms. The highest BCUT2D eigenvalue weighted by atomic mass is 32.2. The highest BCUT2D eigenvalue weighted by Crippen LogP contribution is 2.15. The molecule has 1 fully saturated rings. The van der Waals surface area contributed by atoms with Gasteiger partial charge in [-0.3, -0.25) is 9.59 Å². The third kappa shape index (κ3) is 5.59. The van der Waals surface area contributed by atoms with Crippen molar-refractivity contribution in [2.75, 3.05) is 44.8 Å².